The van der Waals surface area contributed by atoms with Crippen LogP contribution in [-0.4, -0.2) is 21.8 Å². The molecule has 112 valence electrons. The third kappa shape index (κ3) is 1.83. The third-order valence-electron chi connectivity index (χ3n) is 4.35. The molecule has 0 atom stereocenters. The lowest BCUT2D eigenvalue weighted by Crippen LogP contribution is -2.28. The number of benzene rings is 2. The lowest BCUT2D eigenvalue weighted by Gasteiger charge is -2.15. The fraction of sp³-hybridized carbons (Fsp3) is 0.111. The molecule has 0 aliphatic carbocycles. The summed E-state index contributed by atoms with van der Waals surface area (Å²) in [6.45, 7) is 0.749. The van der Waals surface area contributed by atoms with E-state index in [0.717, 1.165) is 39.5 Å². The number of thiazole rings is 1. The number of carbonyl (C=O) groups is 1. The number of fused-ring (bicyclic) bond motifs is 4. The average molecular weight is 319 g/mol. The molecule has 3 heterocycles. The van der Waals surface area contributed by atoms with Gasteiger partial charge in [0.2, 0.25) is 0 Å². The topological polar surface area (TPSA) is 37.6 Å². The van der Waals surface area contributed by atoms with Gasteiger partial charge in [-0.15, -0.1) is 0 Å². The third-order valence-corrected chi connectivity index (χ3v) is 5.32. The average Bonchev–Trinajstić information content (AvgIpc) is 3.26. The van der Waals surface area contributed by atoms with E-state index in [1.54, 1.807) is 0 Å². The molecule has 0 spiro atoms. The Morgan fingerprint density at radius 3 is 2.87 bits per heavy atom. The molecule has 0 unspecified atom stereocenters. The van der Waals surface area contributed by atoms with Gasteiger partial charge in [-0.1, -0.05) is 41.7 Å². The Kier molecular flexibility index (Phi) is 2.60. The summed E-state index contributed by atoms with van der Waals surface area (Å²) in [4.78, 5) is 21.0. The number of imidazole rings is 1. The molecule has 2 aromatic carbocycles. The normalized spacial score (nSPS) is 13.8. The molecular formula is C18H13N3OS. The van der Waals surface area contributed by atoms with Gasteiger partial charge in [-0.3, -0.25) is 9.20 Å². The van der Waals surface area contributed by atoms with Crippen molar-refractivity contribution in [3.8, 4) is 0 Å². The minimum atomic E-state index is 0.0644. The molecule has 23 heavy (non-hydrogen) atoms. The minimum Gasteiger partial charge on any atom is -0.307 e. The summed E-state index contributed by atoms with van der Waals surface area (Å²) in [5.74, 6) is 0.0644. The Labute approximate surface area is 136 Å². The van der Waals surface area contributed by atoms with Crippen molar-refractivity contribution in [1.82, 2.24) is 9.38 Å². The number of hydrogen-bond acceptors (Lipinski definition) is 3. The first-order valence-corrected chi connectivity index (χ1v) is 8.39. The van der Waals surface area contributed by atoms with Crippen LogP contribution in [0, 0.1) is 0 Å². The summed E-state index contributed by atoms with van der Waals surface area (Å²) < 4.78 is 2.01. The van der Waals surface area contributed by atoms with Crippen LogP contribution in [0.5, 0.6) is 0 Å². The van der Waals surface area contributed by atoms with Gasteiger partial charge in [0.25, 0.3) is 5.91 Å². The quantitative estimate of drug-likeness (QED) is 0.536. The molecule has 4 aromatic rings. The van der Waals surface area contributed by atoms with Crippen LogP contribution in [0.2, 0.25) is 0 Å². The Hall–Kier alpha value is -2.66. The van der Waals surface area contributed by atoms with Gasteiger partial charge in [0.15, 0.2) is 4.96 Å². The number of rotatable bonds is 1. The van der Waals surface area contributed by atoms with Crippen molar-refractivity contribution in [2.45, 2.75) is 6.42 Å². The lowest BCUT2D eigenvalue weighted by atomic mass is 10.2. The number of nitrogens with zero attached hydrogens (tertiary/aromatic N) is 3. The van der Waals surface area contributed by atoms with Crippen molar-refractivity contribution in [1.29, 1.82) is 0 Å². The van der Waals surface area contributed by atoms with E-state index in [0.29, 0.717) is 0 Å². The van der Waals surface area contributed by atoms with Crippen molar-refractivity contribution in [2.75, 3.05) is 11.4 Å². The Morgan fingerprint density at radius 1 is 1.09 bits per heavy atom. The second kappa shape index (κ2) is 4.67. The van der Waals surface area contributed by atoms with Crippen molar-refractivity contribution in [2.24, 2.45) is 0 Å². The number of para-hydroxylation sites is 3. The zero-order valence-electron chi connectivity index (χ0n) is 12.3. The summed E-state index contributed by atoms with van der Waals surface area (Å²) >= 11 is 1.45. The fourth-order valence-corrected chi connectivity index (χ4v) is 4.19. The summed E-state index contributed by atoms with van der Waals surface area (Å²) in [6, 6.07) is 16.1. The van der Waals surface area contributed by atoms with Crippen LogP contribution in [0.3, 0.4) is 0 Å². The number of amides is 1. The van der Waals surface area contributed by atoms with Gasteiger partial charge in [0.1, 0.15) is 4.88 Å². The lowest BCUT2D eigenvalue weighted by molar-refractivity contribution is 0.0993. The zero-order valence-corrected chi connectivity index (χ0v) is 13.1. The van der Waals surface area contributed by atoms with Crippen LogP contribution in [0.1, 0.15) is 15.2 Å². The molecule has 1 aliphatic rings. The predicted molar refractivity (Wildman–Crippen MR) is 92.4 cm³/mol. The van der Waals surface area contributed by atoms with E-state index >= 15 is 0 Å². The van der Waals surface area contributed by atoms with Crippen LogP contribution in [0.25, 0.3) is 16.0 Å². The van der Waals surface area contributed by atoms with E-state index < -0.39 is 0 Å². The second-order valence-corrected chi connectivity index (χ2v) is 6.69. The zero-order chi connectivity index (χ0) is 15.4. The van der Waals surface area contributed by atoms with Crippen LogP contribution in [0.15, 0.2) is 54.7 Å². The fourth-order valence-electron chi connectivity index (χ4n) is 3.24. The van der Waals surface area contributed by atoms with Gasteiger partial charge in [-0.2, -0.15) is 0 Å². The van der Waals surface area contributed by atoms with Crippen molar-refractivity contribution in [3.63, 3.8) is 0 Å². The van der Waals surface area contributed by atoms with Crippen molar-refractivity contribution >= 4 is 38.9 Å². The summed E-state index contributed by atoms with van der Waals surface area (Å²) in [5, 5.41) is 0. The molecule has 0 saturated carbocycles. The maximum Gasteiger partial charge on any atom is 0.270 e. The van der Waals surface area contributed by atoms with Gasteiger partial charge in [-0.05, 0) is 30.2 Å². The highest BCUT2D eigenvalue weighted by Crippen LogP contribution is 2.31. The van der Waals surface area contributed by atoms with Gasteiger partial charge in [-0.25, -0.2) is 4.98 Å². The first-order valence-electron chi connectivity index (χ1n) is 7.58. The van der Waals surface area contributed by atoms with Gasteiger partial charge < -0.3 is 4.90 Å². The first-order chi connectivity index (χ1) is 11.3. The molecule has 5 heteroatoms. The molecular weight excluding hydrogens is 306 g/mol. The van der Waals surface area contributed by atoms with Crippen molar-refractivity contribution < 1.29 is 4.79 Å². The van der Waals surface area contributed by atoms with E-state index in [4.69, 9.17) is 0 Å². The van der Waals surface area contributed by atoms with Crippen LogP contribution in [-0.2, 0) is 6.42 Å². The van der Waals surface area contributed by atoms with E-state index in [2.05, 4.69) is 11.1 Å². The van der Waals surface area contributed by atoms with Gasteiger partial charge >= 0.3 is 0 Å². The SMILES string of the molecule is O=C(c1cn2c(nc3ccccc32)s1)N1CCc2ccccc21. The Morgan fingerprint density at radius 2 is 1.91 bits per heavy atom. The smallest absolute Gasteiger partial charge is 0.270 e. The summed E-state index contributed by atoms with van der Waals surface area (Å²) in [7, 11) is 0. The summed E-state index contributed by atoms with van der Waals surface area (Å²) in [6.07, 6.45) is 2.84. The molecule has 2 aromatic heterocycles. The molecule has 0 N–H and O–H groups in total. The summed E-state index contributed by atoms with van der Waals surface area (Å²) in [5.41, 5.74) is 4.28. The molecule has 0 fully saturated rings. The molecule has 0 radical (unpaired) electrons. The first kappa shape index (κ1) is 12.8. The van der Waals surface area contributed by atoms with E-state index in [1.165, 1.54) is 16.9 Å². The second-order valence-electron chi connectivity index (χ2n) is 5.68. The van der Waals surface area contributed by atoms with Crippen LogP contribution < -0.4 is 4.90 Å². The van der Waals surface area contributed by atoms with Gasteiger partial charge in [0, 0.05) is 18.4 Å². The monoisotopic (exact) mass is 319 g/mol. The van der Waals surface area contributed by atoms with Crippen LogP contribution >= 0.6 is 11.3 Å². The molecule has 4 nitrogen and oxygen atoms in total. The maximum absolute atomic E-state index is 12.9. The van der Waals surface area contributed by atoms with E-state index in [1.807, 2.05) is 58.0 Å². The molecule has 1 aliphatic heterocycles. The van der Waals surface area contributed by atoms with E-state index in [9.17, 15) is 4.79 Å². The standard InChI is InChI=1S/C18H13N3OS/c22-17(20-10-9-12-5-1-3-7-14(12)20)16-11-21-15-8-4-2-6-13(15)19-18(21)23-16/h1-8,11H,9-10H2. The minimum absolute atomic E-state index is 0.0644. The number of anilines is 1. The predicted octanol–water partition coefficient (Wildman–Crippen LogP) is 3.75. The molecule has 0 bridgehead atoms. The molecule has 0 saturated heterocycles. The van der Waals surface area contributed by atoms with E-state index in [-0.39, 0.29) is 5.91 Å². The maximum atomic E-state index is 12.9. The highest BCUT2D eigenvalue weighted by molar-refractivity contribution is 7.19. The Bertz CT molecular complexity index is 1060. The molecule has 1 amide bonds. The van der Waals surface area contributed by atoms with Crippen molar-refractivity contribution in [3.05, 3.63) is 65.2 Å². The number of carbonyl (C=O) groups excluding carboxylic acids is 1. The number of aromatic nitrogens is 2. The highest BCUT2D eigenvalue weighted by atomic mass is 32.1. The molecule has 5 rings (SSSR count). The highest BCUT2D eigenvalue weighted by Gasteiger charge is 2.26. The van der Waals surface area contributed by atoms with Crippen LogP contribution in [0.4, 0.5) is 5.69 Å². The largest absolute Gasteiger partial charge is 0.307 e. The van der Waals surface area contributed by atoms with Gasteiger partial charge in [0.05, 0.1) is 11.0 Å². The number of hydrogen-bond donors (Lipinski definition) is 0. The Balaban J connectivity index is 1.59.